The molecule has 106 valence electrons. The standard InChI is InChI=1S/C16H19NO3/c1-2-17-14(10-12-6-7-18-11-12)13-4-3-5-15-16(13)20-9-8-19-15/h3-7,11,14,17H,2,8-10H2,1H3. The summed E-state index contributed by atoms with van der Waals surface area (Å²) in [7, 11) is 0. The average Bonchev–Trinajstić information content (AvgIpc) is 2.99. The highest BCUT2D eigenvalue weighted by Crippen LogP contribution is 2.37. The highest BCUT2D eigenvalue weighted by Gasteiger charge is 2.22. The molecule has 0 bridgehead atoms. The number of fused-ring (bicyclic) bond motifs is 1. The van der Waals surface area contributed by atoms with Crippen LogP contribution in [0.4, 0.5) is 0 Å². The molecule has 2 aromatic rings. The van der Waals surface area contributed by atoms with Crippen molar-refractivity contribution in [2.45, 2.75) is 19.4 Å². The molecule has 2 heterocycles. The van der Waals surface area contributed by atoms with Gasteiger partial charge in [0.25, 0.3) is 0 Å². The molecule has 1 N–H and O–H groups in total. The topological polar surface area (TPSA) is 43.6 Å². The predicted molar refractivity (Wildman–Crippen MR) is 76.3 cm³/mol. The lowest BCUT2D eigenvalue weighted by Gasteiger charge is -2.25. The zero-order valence-electron chi connectivity index (χ0n) is 11.6. The predicted octanol–water partition coefficient (Wildman–Crippen LogP) is 2.94. The molecule has 0 radical (unpaired) electrons. The zero-order chi connectivity index (χ0) is 13.8. The summed E-state index contributed by atoms with van der Waals surface area (Å²) in [6.07, 6.45) is 4.36. The number of hydrogen-bond donors (Lipinski definition) is 1. The van der Waals surface area contributed by atoms with Crippen LogP contribution in [0.15, 0.2) is 41.2 Å². The molecule has 3 rings (SSSR count). The van der Waals surface area contributed by atoms with E-state index in [-0.39, 0.29) is 6.04 Å². The van der Waals surface area contributed by atoms with Gasteiger partial charge in [-0.2, -0.15) is 0 Å². The smallest absolute Gasteiger partial charge is 0.166 e. The lowest BCUT2D eigenvalue weighted by atomic mass is 9.99. The zero-order valence-corrected chi connectivity index (χ0v) is 11.6. The van der Waals surface area contributed by atoms with E-state index in [1.165, 1.54) is 5.56 Å². The molecule has 0 spiro atoms. The molecule has 0 amide bonds. The number of nitrogens with one attached hydrogen (secondary N) is 1. The molecule has 0 fully saturated rings. The van der Waals surface area contributed by atoms with E-state index < -0.39 is 0 Å². The van der Waals surface area contributed by atoms with Gasteiger partial charge in [-0.15, -0.1) is 0 Å². The minimum atomic E-state index is 0.189. The summed E-state index contributed by atoms with van der Waals surface area (Å²) in [6, 6.07) is 8.26. The number of hydrogen-bond acceptors (Lipinski definition) is 4. The van der Waals surface area contributed by atoms with Crippen LogP contribution in [0.5, 0.6) is 11.5 Å². The average molecular weight is 273 g/mol. The molecule has 1 unspecified atom stereocenters. The molecule has 1 atom stereocenters. The van der Waals surface area contributed by atoms with E-state index in [4.69, 9.17) is 13.9 Å². The molecule has 4 heteroatoms. The summed E-state index contributed by atoms with van der Waals surface area (Å²) < 4.78 is 16.6. The molecule has 0 saturated carbocycles. The molecular weight excluding hydrogens is 254 g/mol. The van der Waals surface area contributed by atoms with Crippen LogP contribution in [0.3, 0.4) is 0 Å². The number of rotatable bonds is 5. The first-order chi connectivity index (χ1) is 9.88. The van der Waals surface area contributed by atoms with Crippen LogP contribution in [0.2, 0.25) is 0 Å². The van der Waals surface area contributed by atoms with Gasteiger partial charge in [-0.05, 0) is 30.7 Å². The highest BCUT2D eigenvalue weighted by atomic mass is 16.6. The van der Waals surface area contributed by atoms with Crippen LogP contribution >= 0.6 is 0 Å². The van der Waals surface area contributed by atoms with Gasteiger partial charge < -0.3 is 19.2 Å². The van der Waals surface area contributed by atoms with E-state index >= 15 is 0 Å². The van der Waals surface area contributed by atoms with E-state index in [1.54, 1.807) is 12.5 Å². The first kappa shape index (κ1) is 13.1. The van der Waals surface area contributed by atoms with E-state index in [2.05, 4.69) is 18.3 Å². The lowest BCUT2D eigenvalue weighted by molar-refractivity contribution is 0.168. The summed E-state index contributed by atoms with van der Waals surface area (Å²) in [5.74, 6) is 1.71. The van der Waals surface area contributed by atoms with Crippen LogP contribution < -0.4 is 14.8 Å². The number of likely N-dealkylation sites (N-methyl/N-ethyl adjacent to an activating group) is 1. The summed E-state index contributed by atoms with van der Waals surface area (Å²) >= 11 is 0. The maximum Gasteiger partial charge on any atom is 0.166 e. The largest absolute Gasteiger partial charge is 0.486 e. The summed E-state index contributed by atoms with van der Waals surface area (Å²) in [6.45, 7) is 4.22. The summed E-state index contributed by atoms with van der Waals surface area (Å²) in [4.78, 5) is 0. The highest BCUT2D eigenvalue weighted by molar-refractivity contribution is 5.49. The number of furan rings is 1. The van der Waals surface area contributed by atoms with Crippen molar-refractivity contribution in [3.05, 3.63) is 47.9 Å². The van der Waals surface area contributed by atoms with Crippen molar-refractivity contribution in [3.8, 4) is 11.5 Å². The van der Waals surface area contributed by atoms with Gasteiger partial charge in [-0.3, -0.25) is 0 Å². The molecule has 1 aromatic carbocycles. The SMILES string of the molecule is CCNC(Cc1ccoc1)c1cccc2c1OCCO2. The quantitative estimate of drug-likeness (QED) is 0.909. The number of ether oxygens (including phenoxy) is 2. The Kier molecular flexibility index (Phi) is 3.92. The van der Waals surface area contributed by atoms with Gasteiger partial charge in [0.1, 0.15) is 13.2 Å². The van der Waals surface area contributed by atoms with Gasteiger partial charge in [0.05, 0.1) is 12.5 Å². The number of para-hydroxylation sites is 1. The van der Waals surface area contributed by atoms with Gasteiger partial charge in [0.15, 0.2) is 11.5 Å². The molecule has 4 nitrogen and oxygen atoms in total. The Labute approximate surface area is 118 Å². The van der Waals surface area contributed by atoms with Crippen LogP contribution in [-0.4, -0.2) is 19.8 Å². The van der Waals surface area contributed by atoms with E-state index in [0.29, 0.717) is 13.2 Å². The first-order valence-corrected chi connectivity index (χ1v) is 7.01. The molecule has 1 aliphatic heterocycles. The van der Waals surface area contributed by atoms with Crippen molar-refractivity contribution < 1.29 is 13.9 Å². The van der Waals surface area contributed by atoms with Gasteiger partial charge in [-0.1, -0.05) is 19.1 Å². The van der Waals surface area contributed by atoms with Gasteiger partial charge >= 0.3 is 0 Å². The van der Waals surface area contributed by atoms with Gasteiger partial charge in [0, 0.05) is 11.6 Å². The Morgan fingerprint density at radius 3 is 2.90 bits per heavy atom. The van der Waals surface area contributed by atoms with Crippen LogP contribution in [0.25, 0.3) is 0 Å². The van der Waals surface area contributed by atoms with Crippen molar-refractivity contribution in [2.24, 2.45) is 0 Å². The van der Waals surface area contributed by atoms with Crippen molar-refractivity contribution >= 4 is 0 Å². The minimum Gasteiger partial charge on any atom is -0.486 e. The normalized spacial score (nSPS) is 15.1. The fraction of sp³-hybridized carbons (Fsp3) is 0.375. The van der Waals surface area contributed by atoms with Crippen molar-refractivity contribution in [1.29, 1.82) is 0 Å². The maximum absolute atomic E-state index is 5.81. The monoisotopic (exact) mass is 273 g/mol. The summed E-state index contributed by atoms with van der Waals surface area (Å²) in [5, 5.41) is 3.51. The fourth-order valence-corrected chi connectivity index (χ4v) is 2.55. The Morgan fingerprint density at radius 1 is 1.20 bits per heavy atom. The minimum absolute atomic E-state index is 0.189. The lowest BCUT2D eigenvalue weighted by Crippen LogP contribution is -2.25. The van der Waals surface area contributed by atoms with Crippen molar-refractivity contribution in [1.82, 2.24) is 5.32 Å². The Bertz CT molecular complexity index is 551. The second-order valence-corrected chi connectivity index (χ2v) is 4.82. The summed E-state index contributed by atoms with van der Waals surface area (Å²) in [5.41, 5.74) is 2.32. The maximum atomic E-state index is 5.81. The Hall–Kier alpha value is -1.94. The second-order valence-electron chi connectivity index (χ2n) is 4.82. The molecule has 1 aliphatic rings. The Morgan fingerprint density at radius 2 is 2.10 bits per heavy atom. The molecule has 20 heavy (non-hydrogen) atoms. The number of benzene rings is 1. The third kappa shape index (κ3) is 2.65. The fourth-order valence-electron chi connectivity index (χ4n) is 2.55. The third-order valence-electron chi connectivity index (χ3n) is 3.44. The van der Waals surface area contributed by atoms with Crippen LogP contribution in [0, 0.1) is 0 Å². The van der Waals surface area contributed by atoms with Crippen molar-refractivity contribution in [3.63, 3.8) is 0 Å². The van der Waals surface area contributed by atoms with E-state index in [0.717, 1.165) is 30.0 Å². The van der Waals surface area contributed by atoms with Gasteiger partial charge in [-0.25, -0.2) is 0 Å². The van der Waals surface area contributed by atoms with Gasteiger partial charge in [0.2, 0.25) is 0 Å². The van der Waals surface area contributed by atoms with Crippen LogP contribution in [-0.2, 0) is 6.42 Å². The first-order valence-electron chi connectivity index (χ1n) is 7.01. The molecule has 0 aliphatic carbocycles. The third-order valence-corrected chi connectivity index (χ3v) is 3.44. The second kappa shape index (κ2) is 6.01. The molecule has 1 aromatic heterocycles. The Balaban J connectivity index is 1.90. The molecule has 0 saturated heterocycles. The van der Waals surface area contributed by atoms with Crippen molar-refractivity contribution in [2.75, 3.05) is 19.8 Å². The molecular formula is C16H19NO3. The van der Waals surface area contributed by atoms with Crippen LogP contribution in [0.1, 0.15) is 24.1 Å². The van der Waals surface area contributed by atoms with E-state index in [9.17, 15) is 0 Å². The van der Waals surface area contributed by atoms with E-state index in [1.807, 2.05) is 18.2 Å².